The van der Waals surface area contributed by atoms with Crippen molar-refractivity contribution in [3.63, 3.8) is 0 Å². The highest BCUT2D eigenvalue weighted by Crippen LogP contribution is 2.33. The van der Waals surface area contributed by atoms with Crippen molar-refractivity contribution < 1.29 is 13.9 Å². The molecule has 24 heavy (non-hydrogen) atoms. The molecule has 0 aliphatic carbocycles. The largest absolute Gasteiger partial charge is 0.493 e. The Balaban J connectivity index is 2.08. The number of methoxy groups -OCH3 is 2. The quantitative estimate of drug-likeness (QED) is 0.794. The van der Waals surface area contributed by atoms with Gasteiger partial charge in [-0.2, -0.15) is 0 Å². The first-order valence-electron chi connectivity index (χ1n) is 7.23. The maximum absolute atomic E-state index is 13.1. The van der Waals surface area contributed by atoms with Gasteiger partial charge < -0.3 is 15.2 Å². The molecule has 0 aliphatic rings. The van der Waals surface area contributed by atoms with Crippen LogP contribution in [0.1, 0.15) is 0 Å². The van der Waals surface area contributed by atoms with Crippen LogP contribution >= 0.6 is 0 Å². The summed E-state index contributed by atoms with van der Waals surface area (Å²) in [6, 6.07) is 11.4. The van der Waals surface area contributed by atoms with Gasteiger partial charge in [0.2, 0.25) is 0 Å². The number of anilines is 1. The first kappa shape index (κ1) is 15.7. The molecule has 2 N–H and O–H groups in total. The van der Waals surface area contributed by atoms with Gasteiger partial charge in [0.05, 0.1) is 26.1 Å². The van der Waals surface area contributed by atoms with Crippen LogP contribution in [0.4, 0.5) is 10.2 Å². The highest BCUT2D eigenvalue weighted by molar-refractivity contribution is 5.74. The molecule has 0 aliphatic heterocycles. The number of benzene rings is 2. The Morgan fingerprint density at radius 1 is 0.917 bits per heavy atom. The summed E-state index contributed by atoms with van der Waals surface area (Å²) in [6.07, 6.45) is 1.56. The van der Waals surface area contributed by atoms with E-state index in [2.05, 4.69) is 9.97 Å². The molecule has 3 rings (SSSR count). The van der Waals surface area contributed by atoms with Crippen molar-refractivity contribution in [2.24, 2.45) is 0 Å². The number of hydrogen-bond acceptors (Lipinski definition) is 5. The number of halogens is 1. The molecule has 0 saturated heterocycles. The lowest BCUT2D eigenvalue weighted by Crippen LogP contribution is -1.99. The number of ether oxygens (including phenoxy) is 2. The Morgan fingerprint density at radius 3 is 2.25 bits per heavy atom. The minimum Gasteiger partial charge on any atom is -0.493 e. The molecule has 0 bridgehead atoms. The van der Waals surface area contributed by atoms with Crippen LogP contribution in [-0.4, -0.2) is 24.2 Å². The number of nitrogens with two attached hydrogens (primary N) is 1. The molecule has 0 saturated carbocycles. The van der Waals surface area contributed by atoms with E-state index in [0.717, 1.165) is 11.1 Å². The molecule has 1 heterocycles. The van der Waals surface area contributed by atoms with Gasteiger partial charge in [-0.1, -0.05) is 0 Å². The van der Waals surface area contributed by atoms with Crippen LogP contribution in [0.5, 0.6) is 11.5 Å². The van der Waals surface area contributed by atoms with Gasteiger partial charge in [-0.05, 0) is 42.5 Å². The predicted octanol–water partition coefficient (Wildman–Crippen LogP) is 3.55. The number of hydrogen-bond donors (Lipinski definition) is 1. The second-order valence-electron chi connectivity index (χ2n) is 5.07. The molecule has 0 unspecified atom stereocenters. The highest BCUT2D eigenvalue weighted by Gasteiger charge is 2.12. The summed E-state index contributed by atoms with van der Waals surface area (Å²) < 4.78 is 23.6. The van der Waals surface area contributed by atoms with E-state index in [1.54, 1.807) is 44.7 Å². The fourth-order valence-corrected chi connectivity index (χ4v) is 2.35. The van der Waals surface area contributed by atoms with Gasteiger partial charge in [0, 0.05) is 11.1 Å². The van der Waals surface area contributed by atoms with Gasteiger partial charge in [-0.15, -0.1) is 0 Å². The Hall–Kier alpha value is -3.15. The zero-order valence-corrected chi connectivity index (χ0v) is 13.3. The van der Waals surface area contributed by atoms with Crippen molar-refractivity contribution in [1.29, 1.82) is 0 Å². The summed E-state index contributed by atoms with van der Waals surface area (Å²) in [5, 5.41) is 0. The third-order valence-corrected chi connectivity index (χ3v) is 3.60. The number of rotatable bonds is 4. The van der Waals surface area contributed by atoms with Crippen molar-refractivity contribution in [1.82, 2.24) is 9.97 Å². The second-order valence-corrected chi connectivity index (χ2v) is 5.07. The van der Waals surface area contributed by atoms with Gasteiger partial charge in [-0.25, -0.2) is 14.4 Å². The molecule has 0 spiro atoms. The van der Waals surface area contributed by atoms with Crippen molar-refractivity contribution >= 4 is 5.82 Å². The van der Waals surface area contributed by atoms with Gasteiger partial charge in [-0.3, -0.25) is 0 Å². The summed E-state index contributed by atoms with van der Waals surface area (Å²) >= 11 is 0. The van der Waals surface area contributed by atoms with Gasteiger partial charge in [0.15, 0.2) is 11.5 Å². The number of nitrogen functional groups attached to an aromatic ring is 1. The highest BCUT2D eigenvalue weighted by atomic mass is 19.1. The molecule has 1 aromatic heterocycles. The molecule has 122 valence electrons. The van der Waals surface area contributed by atoms with Crippen LogP contribution < -0.4 is 15.2 Å². The van der Waals surface area contributed by atoms with Crippen molar-refractivity contribution in [3.8, 4) is 34.0 Å². The average molecular weight is 325 g/mol. The van der Waals surface area contributed by atoms with E-state index in [1.807, 2.05) is 6.07 Å². The van der Waals surface area contributed by atoms with Crippen LogP contribution in [0.3, 0.4) is 0 Å². The monoisotopic (exact) mass is 325 g/mol. The third kappa shape index (κ3) is 2.99. The number of aromatic nitrogens is 2. The third-order valence-electron chi connectivity index (χ3n) is 3.60. The standard InChI is InChI=1S/C18H16FN3O2/c1-23-15-8-5-12(9-16(15)24-2)17-18(20)21-10-14(22-17)11-3-6-13(19)7-4-11/h3-10H,1-2H3,(H2,20,21). The van der Waals surface area contributed by atoms with Crippen molar-refractivity contribution in [3.05, 3.63) is 54.5 Å². The summed E-state index contributed by atoms with van der Waals surface area (Å²) in [5.74, 6) is 1.18. The van der Waals surface area contributed by atoms with Crippen LogP contribution in [-0.2, 0) is 0 Å². The van der Waals surface area contributed by atoms with Gasteiger partial charge >= 0.3 is 0 Å². The van der Waals surface area contributed by atoms with E-state index in [1.165, 1.54) is 12.1 Å². The minimum atomic E-state index is -0.303. The minimum absolute atomic E-state index is 0.299. The van der Waals surface area contributed by atoms with Crippen LogP contribution in [0, 0.1) is 5.82 Å². The molecule has 0 atom stereocenters. The molecule has 0 radical (unpaired) electrons. The summed E-state index contributed by atoms with van der Waals surface area (Å²) in [5.41, 5.74) is 8.62. The lowest BCUT2D eigenvalue weighted by atomic mass is 10.1. The van der Waals surface area contributed by atoms with Crippen LogP contribution in [0.15, 0.2) is 48.7 Å². The smallest absolute Gasteiger partial charge is 0.161 e. The Labute approximate surface area is 138 Å². The molecular weight excluding hydrogens is 309 g/mol. The maximum atomic E-state index is 13.1. The van der Waals surface area contributed by atoms with Crippen molar-refractivity contribution in [2.45, 2.75) is 0 Å². The Kier molecular flexibility index (Phi) is 4.29. The molecule has 2 aromatic carbocycles. The Morgan fingerprint density at radius 2 is 1.58 bits per heavy atom. The lowest BCUT2D eigenvalue weighted by Gasteiger charge is -2.11. The lowest BCUT2D eigenvalue weighted by molar-refractivity contribution is 0.355. The molecule has 6 heteroatoms. The first-order chi connectivity index (χ1) is 11.6. The average Bonchev–Trinajstić information content (AvgIpc) is 2.62. The SMILES string of the molecule is COc1ccc(-c2nc(-c3ccc(F)cc3)cnc2N)cc1OC. The zero-order chi connectivity index (χ0) is 17.1. The van der Waals surface area contributed by atoms with E-state index in [4.69, 9.17) is 15.2 Å². The maximum Gasteiger partial charge on any atom is 0.161 e. The van der Waals surface area contributed by atoms with Crippen LogP contribution in [0.2, 0.25) is 0 Å². The zero-order valence-electron chi connectivity index (χ0n) is 13.3. The van der Waals surface area contributed by atoms with Crippen LogP contribution in [0.25, 0.3) is 22.5 Å². The van der Waals surface area contributed by atoms with E-state index >= 15 is 0 Å². The fourth-order valence-electron chi connectivity index (χ4n) is 2.35. The second kappa shape index (κ2) is 6.54. The fraction of sp³-hybridized carbons (Fsp3) is 0.111. The summed E-state index contributed by atoms with van der Waals surface area (Å²) in [6.45, 7) is 0. The van der Waals surface area contributed by atoms with E-state index in [-0.39, 0.29) is 5.82 Å². The Bertz CT molecular complexity index is 867. The summed E-state index contributed by atoms with van der Waals surface area (Å²) in [4.78, 5) is 8.77. The van der Waals surface area contributed by atoms with E-state index in [0.29, 0.717) is 28.7 Å². The summed E-state index contributed by atoms with van der Waals surface area (Å²) in [7, 11) is 3.13. The number of nitrogens with zero attached hydrogens (tertiary/aromatic N) is 2. The van der Waals surface area contributed by atoms with Gasteiger partial charge in [0.25, 0.3) is 0 Å². The normalized spacial score (nSPS) is 10.5. The molecule has 0 amide bonds. The van der Waals surface area contributed by atoms with Crippen molar-refractivity contribution in [2.75, 3.05) is 20.0 Å². The van der Waals surface area contributed by atoms with E-state index in [9.17, 15) is 4.39 Å². The van der Waals surface area contributed by atoms with Gasteiger partial charge in [0.1, 0.15) is 17.3 Å². The topological polar surface area (TPSA) is 70.3 Å². The predicted molar refractivity (Wildman–Crippen MR) is 90.4 cm³/mol. The molecular formula is C18H16FN3O2. The first-order valence-corrected chi connectivity index (χ1v) is 7.23. The molecule has 5 nitrogen and oxygen atoms in total. The van der Waals surface area contributed by atoms with E-state index < -0.39 is 0 Å². The molecule has 3 aromatic rings. The molecule has 0 fully saturated rings.